The van der Waals surface area contributed by atoms with E-state index in [1.165, 1.54) is 12.8 Å². The van der Waals surface area contributed by atoms with Crippen LogP contribution < -0.4 is 10.1 Å². The van der Waals surface area contributed by atoms with Gasteiger partial charge in [-0.05, 0) is 37.0 Å². The molecule has 1 aliphatic rings. The molecule has 19 heavy (non-hydrogen) atoms. The van der Waals surface area contributed by atoms with Crippen LogP contribution in [0.15, 0.2) is 24.3 Å². The van der Waals surface area contributed by atoms with Gasteiger partial charge in [0, 0.05) is 19.0 Å². The molecule has 0 heterocycles. The van der Waals surface area contributed by atoms with Crippen molar-refractivity contribution in [3.8, 4) is 5.75 Å². The Bertz CT molecular complexity index is 402. The van der Waals surface area contributed by atoms with E-state index in [1.54, 1.807) is 6.07 Å². The average Bonchev–Trinajstić information content (AvgIpc) is 3.16. The van der Waals surface area contributed by atoms with Crippen LogP contribution in [0.2, 0.25) is 0 Å². The molecule has 0 atom stereocenters. The summed E-state index contributed by atoms with van der Waals surface area (Å²) < 4.78 is 41.2. The Hall–Kier alpha value is -1.23. The maximum atomic E-state index is 12.0. The maximum Gasteiger partial charge on any atom is 0.389 e. The second-order valence-corrected chi connectivity index (χ2v) is 4.87. The van der Waals surface area contributed by atoms with Gasteiger partial charge < -0.3 is 10.1 Å². The predicted octanol–water partition coefficient (Wildman–Crippen LogP) is 3.66. The number of halogens is 3. The minimum Gasteiger partial charge on any atom is -0.494 e. The number of nitrogens with one attached hydrogen (secondary N) is 1. The monoisotopic (exact) mass is 273 g/mol. The highest BCUT2D eigenvalue weighted by Gasteiger charge is 2.26. The first-order valence-electron chi connectivity index (χ1n) is 6.55. The van der Waals surface area contributed by atoms with Crippen molar-refractivity contribution < 1.29 is 17.9 Å². The first kappa shape index (κ1) is 14.2. The Kier molecular flexibility index (Phi) is 4.69. The van der Waals surface area contributed by atoms with Crippen LogP contribution in [0.4, 0.5) is 13.2 Å². The lowest BCUT2D eigenvalue weighted by Crippen LogP contribution is -2.15. The lowest BCUT2D eigenvalue weighted by Gasteiger charge is -2.09. The Labute approximate surface area is 111 Å². The normalized spacial score (nSPS) is 15.5. The molecule has 0 spiro atoms. The van der Waals surface area contributed by atoms with Crippen LogP contribution in [-0.4, -0.2) is 18.8 Å². The minimum absolute atomic E-state index is 0.00590. The first-order valence-corrected chi connectivity index (χ1v) is 6.55. The van der Waals surface area contributed by atoms with Crippen LogP contribution in [0.3, 0.4) is 0 Å². The van der Waals surface area contributed by atoms with Crippen LogP contribution in [-0.2, 0) is 6.54 Å². The summed E-state index contributed by atoms with van der Waals surface area (Å²) in [5, 5.41) is 3.38. The van der Waals surface area contributed by atoms with Gasteiger partial charge in [-0.2, -0.15) is 13.2 Å². The molecule has 1 aromatic rings. The van der Waals surface area contributed by atoms with E-state index < -0.39 is 12.6 Å². The van der Waals surface area contributed by atoms with Gasteiger partial charge >= 0.3 is 6.18 Å². The third-order valence-corrected chi connectivity index (χ3v) is 2.94. The largest absolute Gasteiger partial charge is 0.494 e. The van der Waals surface area contributed by atoms with Crippen molar-refractivity contribution >= 4 is 0 Å². The van der Waals surface area contributed by atoms with Gasteiger partial charge in [0.05, 0.1) is 6.61 Å². The third kappa shape index (κ3) is 5.96. The molecule has 0 aromatic heterocycles. The molecule has 0 bridgehead atoms. The molecule has 0 amide bonds. The lowest BCUT2D eigenvalue weighted by atomic mass is 10.2. The van der Waals surface area contributed by atoms with Crippen LogP contribution >= 0.6 is 0 Å². The van der Waals surface area contributed by atoms with Gasteiger partial charge in [-0.3, -0.25) is 0 Å². The summed E-state index contributed by atoms with van der Waals surface area (Å²) >= 11 is 0. The minimum atomic E-state index is -4.10. The fourth-order valence-electron chi connectivity index (χ4n) is 1.76. The number of hydrogen-bond donors (Lipinski definition) is 1. The third-order valence-electron chi connectivity index (χ3n) is 2.94. The van der Waals surface area contributed by atoms with E-state index in [-0.39, 0.29) is 13.0 Å². The first-order chi connectivity index (χ1) is 9.03. The zero-order valence-corrected chi connectivity index (χ0v) is 10.7. The fourth-order valence-corrected chi connectivity index (χ4v) is 1.76. The summed E-state index contributed by atoms with van der Waals surface area (Å²) in [6, 6.07) is 8.13. The van der Waals surface area contributed by atoms with E-state index in [9.17, 15) is 13.2 Å². The Morgan fingerprint density at radius 3 is 2.74 bits per heavy atom. The molecule has 0 radical (unpaired) electrons. The van der Waals surface area contributed by atoms with Gasteiger partial charge in [-0.1, -0.05) is 12.1 Å². The van der Waals surface area contributed by atoms with E-state index >= 15 is 0 Å². The van der Waals surface area contributed by atoms with E-state index in [0.29, 0.717) is 11.8 Å². The maximum absolute atomic E-state index is 12.0. The van der Waals surface area contributed by atoms with Crippen molar-refractivity contribution in [1.29, 1.82) is 0 Å². The van der Waals surface area contributed by atoms with Crippen molar-refractivity contribution in [2.24, 2.45) is 0 Å². The summed E-state index contributed by atoms with van der Waals surface area (Å²) in [7, 11) is 0. The molecule has 1 aliphatic carbocycles. The molecule has 2 nitrogen and oxygen atoms in total. The zero-order valence-electron chi connectivity index (χ0n) is 10.7. The number of ether oxygens (including phenoxy) is 1. The van der Waals surface area contributed by atoms with Crippen molar-refractivity contribution in [3.63, 3.8) is 0 Å². The number of alkyl halides is 3. The highest BCUT2D eigenvalue weighted by Crippen LogP contribution is 2.22. The zero-order chi connectivity index (χ0) is 13.7. The highest BCUT2D eigenvalue weighted by atomic mass is 19.4. The molecule has 0 saturated heterocycles. The average molecular weight is 273 g/mol. The quantitative estimate of drug-likeness (QED) is 0.765. The molecule has 0 aliphatic heterocycles. The van der Waals surface area contributed by atoms with Crippen molar-refractivity contribution in [2.45, 2.75) is 44.4 Å². The summed E-state index contributed by atoms with van der Waals surface area (Å²) in [4.78, 5) is 0. The molecular weight excluding hydrogens is 255 g/mol. The Morgan fingerprint density at radius 1 is 1.26 bits per heavy atom. The standard InChI is InChI=1S/C14H18F3NO/c15-14(16,17)7-2-8-19-13-4-1-3-11(9-13)10-18-12-5-6-12/h1,3-4,9,12,18H,2,5-8,10H2. The number of hydrogen-bond acceptors (Lipinski definition) is 2. The molecule has 2 rings (SSSR count). The van der Waals surface area contributed by atoms with Crippen LogP contribution in [0.5, 0.6) is 5.75 Å². The summed E-state index contributed by atoms with van der Waals surface area (Å²) in [6.07, 6.45) is -2.44. The molecule has 5 heteroatoms. The summed E-state index contributed by atoms with van der Waals surface area (Å²) in [5.41, 5.74) is 1.10. The molecule has 1 fully saturated rings. The second kappa shape index (κ2) is 6.28. The smallest absolute Gasteiger partial charge is 0.389 e. The SMILES string of the molecule is FC(F)(F)CCCOc1cccc(CNC2CC2)c1. The fraction of sp³-hybridized carbons (Fsp3) is 0.571. The molecule has 1 saturated carbocycles. The molecule has 106 valence electrons. The highest BCUT2D eigenvalue weighted by molar-refractivity contribution is 5.28. The van der Waals surface area contributed by atoms with Gasteiger partial charge in [-0.15, -0.1) is 0 Å². The van der Waals surface area contributed by atoms with Crippen molar-refractivity contribution in [3.05, 3.63) is 29.8 Å². The molecule has 0 unspecified atom stereocenters. The van der Waals surface area contributed by atoms with Crippen molar-refractivity contribution in [2.75, 3.05) is 6.61 Å². The molecule has 1 aromatic carbocycles. The Morgan fingerprint density at radius 2 is 2.05 bits per heavy atom. The number of benzene rings is 1. The predicted molar refractivity (Wildman–Crippen MR) is 67.1 cm³/mol. The van der Waals surface area contributed by atoms with Gasteiger partial charge in [0.25, 0.3) is 0 Å². The van der Waals surface area contributed by atoms with E-state index in [0.717, 1.165) is 12.1 Å². The second-order valence-electron chi connectivity index (χ2n) is 4.87. The summed E-state index contributed by atoms with van der Waals surface area (Å²) in [5.74, 6) is 0.636. The van der Waals surface area contributed by atoms with Gasteiger partial charge in [0.1, 0.15) is 5.75 Å². The topological polar surface area (TPSA) is 21.3 Å². The van der Waals surface area contributed by atoms with Crippen LogP contribution in [0.1, 0.15) is 31.2 Å². The van der Waals surface area contributed by atoms with Gasteiger partial charge in [0.15, 0.2) is 0 Å². The Balaban J connectivity index is 1.71. The lowest BCUT2D eigenvalue weighted by molar-refractivity contribution is -0.136. The van der Waals surface area contributed by atoms with Crippen LogP contribution in [0, 0.1) is 0 Å². The van der Waals surface area contributed by atoms with E-state index in [1.807, 2.05) is 18.2 Å². The molecule has 1 N–H and O–H groups in total. The number of rotatable bonds is 7. The van der Waals surface area contributed by atoms with Crippen molar-refractivity contribution in [1.82, 2.24) is 5.32 Å². The van der Waals surface area contributed by atoms with Gasteiger partial charge in [-0.25, -0.2) is 0 Å². The summed E-state index contributed by atoms with van der Waals surface area (Å²) in [6.45, 7) is 0.878. The molecular formula is C14H18F3NO. The van der Waals surface area contributed by atoms with E-state index in [2.05, 4.69) is 5.32 Å². The van der Waals surface area contributed by atoms with Gasteiger partial charge in [0.2, 0.25) is 0 Å². The van der Waals surface area contributed by atoms with E-state index in [4.69, 9.17) is 4.74 Å². The van der Waals surface area contributed by atoms with Crippen LogP contribution in [0.25, 0.3) is 0 Å².